The molecule has 0 aromatic carbocycles. The third kappa shape index (κ3) is 31.8. The predicted octanol–water partition coefficient (Wildman–Crippen LogP) is 6.96. The van der Waals surface area contributed by atoms with Gasteiger partial charge < -0.3 is 9.84 Å². The van der Waals surface area contributed by atoms with Crippen LogP contribution in [0.1, 0.15) is 149 Å². The van der Waals surface area contributed by atoms with E-state index in [4.69, 9.17) is 5.11 Å². The maximum absolute atomic E-state index is 11.2. The second-order valence-electron chi connectivity index (χ2n) is 9.33. The van der Waals surface area contributed by atoms with Crippen molar-refractivity contribution in [1.29, 1.82) is 0 Å². The standard InChI is InChI=1S/C15H28O4.C12H23O.Na/c1-3-4-5-6-7-8-9-10-11-12-14(17)19-15(18)13(2)16;1-2-3-4-5-6-7-8-9-10-11-12-13;/h13,16H,3-12H2,1-2H3;2-11H2,1H3;. The van der Waals surface area contributed by atoms with Gasteiger partial charge in [0.15, 0.2) is 0 Å². The summed E-state index contributed by atoms with van der Waals surface area (Å²) in [7, 11) is 0. The van der Waals surface area contributed by atoms with Gasteiger partial charge in [-0.25, -0.2) is 4.79 Å². The van der Waals surface area contributed by atoms with Crippen LogP contribution in [0.25, 0.3) is 0 Å². The van der Waals surface area contributed by atoms with Crippen LogP contribution in [0.5, 0.6) is 0 Å². The molecule has 0 fully saturated rings. The molecule has 33 heavy (non-hydrogen) atoms. The number of carbonyl (C=O) groups is 3. The normalized spacial score (nSPS) is 11.5. The van der Waals surface area contributed by atoms with Gasteiger partial charge in [-0.05, 0) is 13.3 Å². The molecule has 1 N–H and O–H groups in total. The van der Waals surface area contributed by atoms with Crippen molar-refractivity contribution in [3.63, 3.8) is 0 Å². The van der Waals surface area contributed by atoms with Crippen LogP contribution in [0.15, 0.2) is 0 Å². The van der Waals surface area contributed by atoms with E-state index in [1.165, 1.54) is 96.8 Å². The van der Waals surface area contributed by atoms with Crippen molar-refractivity contribution in [2.75, 3.05) is 0 Å². The maximum atomic E-state index is 11.2. The van der Waals surface area contributed by atoms with E-state index in [0.717, 1.165) is 60.0 Å². The Labute approximate surface area is 221 Å². The van der Waals surface area contributed by atoms with Crippen LogP contribution < -0.4 is 0 Å². The topological polar surface area (TPSA) is 80.7 Å². The van der Waals surface area contributed by atoms with Gasteiger partial charge in [0.1, 0.15) is 6.10 Å². The van der Waals surface area contributed by atoms with Gasteiger partial charge in [0.2, 0.25) is 0 Å². The van der Waals surface area contributed by atoms with Gasteiger partial charge in [-0.1, -0.05) is 58.3 Å². The van der Waals surface area contributed by atoms with Crippen LogP contribution in [0.2, 0.25) is 0 Å². The number of unbranched alkanes of at least 4 members (excludes halogenated alkanes) is 16. The number of hydrogen-bond acceptors (Lipinski definition) is 5. The molecule has 0 aliphatic rings. The zero-order valence-corrected chi connectivity index (χ0v) is 24.3. The van der Waals surface area contributed by atoms with Crippen molar-refractivity contribution >= 4 is 42.9 Å². The second kappa shape index (κ2) is 28.0. The Hall–Kier alpha value is -0.230. The molecular formula is C27H51NaO5. The first-order valence-electron chi connectivity index (χ1n) is 13.8. The van der Waals surface area contributed by atoms with Crippen molar-refractivity contribution in [2.45, 2.75) is 155 Å². The fourth-order valence-corrected chi connectivity index (χ4v) is 3.87. The summed E-state index contributed by atoms with van der Waals surface area (Å²) in [6.45, 7) is 5.75. The fourth-order valence-electron chi connectivity index (χ4n) is 3.51. The van der Waals surface area contributed by atoms with E-state index in [0.29, 0.717) is 3.03 Å². The Morgan fingerprint density at radius 1 is 0.636 bits per heavy atom. The van der Waals surface area contributed by atoms with Crippen molar-refractivity contribution in [3.8, 4) is 0 Å². The molecule has 1 atom stereocenters. The summed E-state index contributed by atoms with van der Waals surface area (Å²) in [5.41, 5.74) is 0. The first kappa shape index (κ1) is 34.9. The number of rotatable bonds is 21. The monoisotopic (exact) mass is 478 g/mol. The molecule has 0 bridgehead atoms. The summed E-state index contributed by atoms with van der Waals surface area (Å²) in [5, 5.41) is 8.87. The minimum atomic E-state index is -1.23. The molecule has 0 saturated carbocycles. The van der Waals surface area contributed by atoms with Crippen LogP contribution in [0.4, 0.5) is 0 Å². The quantitative estimate of drug-likeness (QED) is 0.0834. The van der Waals surface area contributed by atoms with Crippen molar-refractivity contribution in [1.82, 2.24) is 0 Å². The molecule has 0 aromatic rings. The molecular weight excluding hydrogens is 427 g/mol. The van der Waals surface area contributed by atoms with Gasteiger partial charge in [0, 0.05) is 6.42 Å². The van der Waals surface area contributed by atoms with E-state index >= 15 is 0 Å². The summed E-state index contributed by atoms with van der Waals surface area (Å²) < 4.78 is 4.94. The molecule has 190 valence electrons. The predicted molar refractivity (Wildman–Crippen MR) is 137 cm³/mol. The van der Waals surface area contributed by atoms with E-state index in [1.807, 2.05) is 0 Å². The molecule has 0 heterocycles. The van der Waals surface area contributed by atoms with Crippen molar-refractivity contribution in [3.05, 3.63) is 0 Å². The van der Waals surface area contributed by atoms with E-state index in [1.54, 1.807) is 0 Å². The number of hydrogen-bond donors (Lipinski definition) is 1. The number of esters is 2. The zero-order chi connectivity index (χ0) is 25.2. The Morgan fingerprint density at radius 2 is 0.970 bits per heavy atom. The molecule has 0 aromatic heterocycles. The second-order valence-corrected chi connectivity index (χ2v) is 10.4. The molecule has 0 aliphatic carbocycles. The van der Waals surface area contributed by atoms with E-state index in [2.05, 4.69) is 18.6 Å². The summed E-state index contributed by atoms with van der Waals surface area (Å²) in [6, 6.07) is 0. The summed E-state index contributed by atoms with van der Waals surface area (Å²) in [6.07, 6.45) is 22.5. The number of ether oxygens (including phenoxy) is 1. The Kier molecular flexibility index (Phi) is 29.7. The third-order valence-electron chi connectivity index (χ3n) is 5.67. The average Bonchev–Trinajstić information content (AvgIpc) is 2.77. The molecule has 0 saturated heterocycles. The Bertz CT molecular complexity index is 465. The van der Waals surface area contributed by atoms with Gasteiger partial charge in [-0.15, -0.1) is 0 Å². The Balaban J connectivity index is 0. The molecule has 0 amide bonds. The third-order valence-corrected chi connectivity index (χ3v) is 6.17. The van der Waals surface area contributed by atoms with Gasteiger partial charge in [-0.2, -0.15) is 0 Å². The molecule has 6 heteroatoms. The molecule has 0 rings (SSSR count). The minimum absolute atomic E-state index is 0.258. The van der Waals surface area contributed by atoms with Gasteiger partial charge in [0.25, 0.3) is 0 Å². The van der Waals surface area contributed by atoms with Gasteiger partial charge >= 0.3 is 119 Å². The van der Waals surface area contributed by atoms with Crippen LogP contribution in [-0.2, 0) is 19.1 Å². The molecule has 5 nitrogen and oxygen atoms in total. The first-order valence-corrected chi connectivity index (χ1v) is 14.8. The van der Waals surface area contributed by atoms with Crippen LogP contribution >= 0.6 is 0 Å². The zero-order valence-electron chi connectivity index (χ0n) is 22.3. The summed E-state index contributed by atoms with van der Waals surface area (Å²) in [4.78, 5) is 32.8. The molecule has 0 aliphatic heterocycles. The molecule has 0 spiro atoms. The number of aliphatic hydroxyl groups excluding tert-OH is 1. The molecule has 0 radical (unpaired) electrons. The first-order chi connectivity index (χ1) is 15.8. The van der Waals surface area contributed by atoms with Crippen LogP contribution in [-0.4, -0.2) is 54.1 Å². The number of aliphatic hydroxyl groups is 1. The molecule has 1 unspecified atom stereocenters. The van der Waals surface area contributed by atoms with E-state index in [-0.39, 0.29) is 6.42 Å². The van der Waals surface area contributed by atoms with Crippen LogP contribution in [0, 0.1) is 0 Å². The van der Waals surface area contributed by atoms with Gasteiger partial charge in [-0.3, -0.25) is 4.79 Å². The van der Waals surface area contributed by atoms with E-state index in [9.17, 15) is 14.4 Å². The van der Waals surface area contributed by atoms with Gasteiger partial charge in [0.05, 0.1) is 0 Å². The Morgan fingerprint density at radius 3 is 1.30 bits per heavy atom. The van der Waals surface area contributed by atoms with Crippen molar-refractivity contribution in [2.24, 2.45) is 0 Å². The number of carbonyl (C=O) groups excluding carboxylic acids is 3. The van der Waals surface area contributed by atoms with Crippen LogP contribution in [0.3, 0.4) is 0 Å². The summed E-state index contributed by atoms with van der Waals surface area (Å²) >= 11 is 0.751. The fraction of sp³-hybridized carbons (Fsp3) is 0.889. The average molecular weight is 479 g/mol. The SMILES string of the molecule is CCCCCCCCCCCC(=O)OC(=O)C(C)O.CCCCCCCCCCC[C](=O)[Na]. The van der Waals surface area contributed by atoms with Crippen molar-refractivity contribution < 1.29 is 24.2 Å². The van der Waals surface area contributed by atoms with E-state index < -0.39 is 18.0 Å². The summed E-state index contributed by atoms with van der Waals surface area (Å²) in [5.74, 6) is -1.39.